The Kier molecular flexibility index (Phi) is 2.95. The molecule has 0 unspecified atom stereocenters. The molecule has 0 saturated carbocycles. The van der Waals surface area contributed by atoms with Crippen LogP contribution in [-0.4, -0.2) is 21.3 Å². The minimum Gasteiger partial charge on any atom is -0.507 e. The number of phenolic OH excluding ortho intramolecular Hbond substituents is 2. The highest BCUT2D eigenvalue weighted by atomic mass is 16.4. The normalized spacial score (nSPS) is 10.7. The number of fused-ring (bicyclic) bond motifs is 1. The molecule has 1 heterocycles. The topological polar surface area (TPSA) is 89.1 Å². The van der Waals surface area contributed by atoms with Gasteiger partial charge in [-0.1, -0.05) is 18.2 Å². The van der Waals surface area contributed by atoms with Crippen LogP contribution in [0.3, 0.4) is 0 Å². The van der Waals surface area contributed by atoms with Crippen LogP contribution in [0.2, 0.25) is 0 Å². The first-order chi connectivity index (χ1) is 10.1. The van der Waals surface area contributed by atoms with Crippen molar-refractivity contribution in [3.8, 4) is 22.8 Å². The molecule has 0 spiro atoms. The van der Waals surface area contributed by atoms with Crippen molar-refractivity contribution in [3.05, 3.63) is 54.1 Å². The van der Waals surface area contributed by atoms with Gasteiger partial charge in [0.1, 0.15) is 16.9 Å². The van der Waals surface area contributed by atoms with E-state index in [4.69, 9.17) is 4.42 Å². The summed E-state index contributed by atoms with van der Waals surface area (Å²) in [6.45, 7) is 0. The summed E-state index contributed by atoms with van der Waals surface area (Å²) in [7, 11) is 0. The highest BCUT2D eigenvalue weighted by Gasteiger charge is 2.25. The van der Waals surface area contributed by atoms with Gasteiger partial charge >= 0.3 is 17.3 Å². The lowest BCUT2D eigenvalue weighted by Gasteiger charge is -2.01. The summed E-state index contributed by atoms with van der Waals surface area (Å²) in [6.07, 6.45) is 0. The zero-order valence-corrected chi connectivity index (χ0v) is 10.8. The van der Waals surface area contributed by atoms with Crippen LogP contribution in [0.1, 0.15) is 10.4 Å². The molecule has 1 aromatic heterocycles. The molecule has 3 aromatic rings. The molecule has 0 aliphatic carbocycles. The lowest BCUT2D eigenvalue weighted by Crippen LogP contribution is -1.98. The van der Waals surface area contributed by atoms with E-state index < -0.39 is 5.97 Å². The molecule has 0 saturated heterocycles. The molecule has 104 valence electrons. The zero-order chi connectivity index (χ0) is 15.0. The van der Waals surface area contributed by atoms with Crippen molar-refractivity contribution in [2.24, 2.45) is 0 Å². The lowest BCUT2D eigenvalue weighted by molar-refractivity contribution is 0.0698. The number of phenols is 2. The first-order valence-corrected chi connectivity index (χ1v) is 6.18. The smallest absolute Gasteiger partial charge is 0.369 e. The first-order valence-electron chi connectivity index (χ1n) is 6.18. The van der Waals surface area contributed by atoms with E-state index in [-0.39, 0.29) is 28.0 Å². The molecular weight excluding hydrogens is 272 g/mol. The van der Waals surface area contributed by atoms with Gasteiger partial charge in [0.25, 0.3) is 0 Å². The first kappa shape index (κ1) is 12.9. The van der Waals surface area contributed by atoms with Gasteiger partial charge in [-0.2, -0.15) is 0 Å². The fourth-order valence-corrected chi connectivity index (χ4v) is 2.20. The van der Waals surface area contributed by atoms with Crippen LogP contribution in [0.15, 0.2) is 52.9 Å². The third-order valence-electron chi connectivity index (χ3n) is 3.12. The van der Waals surface area contributed by atoms with Crippen molar-refractivity contribution in [3.63, 3.8) is 0 Å². The van der Waals surface area contributed by atoms with Crippen LogP contribution in [0.4, 0.5) is 0 Å². The molecule has 3 N–H and O–H groups in total. The van der Waals surface area contributed by atoms with Gasteiger partial charge < -0.3 is 15.3 Å². The second-order valence-electron chi connectivity index (χ2n) is 4.53. The maximum Gasteiger partial charge on any atom is 0.369 e. The fraction of sp³-hybridized carbons (Fsp3) is 0. The Morgan fingerprint density at radius 1 is 1.00 bits per heavy atom. The average molecular weight is 283 g/mol. The molecule has 0 bridgehead atoms. The highest BCUT2D eigenvalue weighted by molar-refractivity contribution is 6.05. The molecule has 5 heteroatoms. The predicted octanol–water partition coefficient (Wildman–Crippen LogP) is 3.49. The van der Waals surface area contributed by atoms with Crippen molar-refractivity contribution in [2.75, 3.05) is 0 Å². The predicted molar refractivity (Wildman–Crippen MR) is 76.3 cm³/mol. The van der Waals surface area contributed by atoms with E-state index in [2.05, 4.69) is 0 Å². The third kappa shape index (κ3) is 2.25. The van der Waals surface area contributed by atoms with Crippen LogP contribution in [-0.2, 0) is 0 Å². The van der Waals surface area contributed by atoms with Gasteiger partial charge in [-0.3, -0.25) is 0 Å². The van der Waals surface area contributed by atoms with Crippen LogP contribution >= 0.6 is 0 Å². The Morgan fingerprint density at radius 2 is 1.71 bits per heavy atom. The number of benzene rings is 2. The molecule has 0 aliphatic rings. The Hall–Kier alpha value is -3.08. The average Bonchev–Trinajstić information content (AvgIpc) is 2.46. The molecule has 0 fully saturated rings. The van der Waals surface area contributed by atoms with E-state index >= 15 is 0 Å². The van der Waals surface area contributed by atoms with E-state index in [0.29, 0.717) is 11.3 Å². The standard InChI is InChI=1S/C16H10O5/c17-10-6-12(18)15-11(16(19)20)8-13(21-14(15)7-10)9-4-2-1-3-5-9/h1-8H,(H2-,17,18,19,20)/p+1. The highest BCUT2D eigenvalue weighted by Crippen LogP contribution is 2.35. The fourth-order valence-electron chi connectivity index (χ4n) is 2.20. The van der Waals surface area contributed by atoms with Crippen molar-refractivity contribution in [2.45, 2.75) is 0 Å². The Balaban J connectivity index is 2.38. The molecular formula is C16H11O5+. The molecule has 3 rings (SSSR count). The van der Waals surface area contributed by atoms with Gasteiger partial charge in [0, 0.05) is 6.07 Å². The summed E-state index contributed by atoms with van der Waals surface area (Å²) in [5.74, 6) is -1.39. The number of aromatic hydroxyl groups is 2. The molecule has 0 atom stereocenters. The van der Waals surface area contributed by atoms with E-state index in [1.165, 1.54) is 12.1 Å². The summed E-state index contributed by atoms with van der Waals surface area (Å²) in [5, 5.41) is 28.8. The maximum absolute atomic E-state index is 11.4. The molecule has 2 aromatic carbocycles. The quantitative estimate of drug-likeness (QED) is 0.626. The molecule has 5 nitrogen and oxygen atoms in total. The largest absolute Gasteiger partial charge is 0.507 e. The summed E-state index contributed by atoms with van der Waals surface area (Å²) >= 11 is 0. The van der Waals surface area contributed by atoms with E-state index in [9.17, 15) is 20.1 Å². The molecule has 0 amide bonds. The summed E-state index contributed by atoms with van der Waals surface area (Å²) in [4.78, 5) is 11.4. The second kappa shape index (κ2) is 4.79. The molecule has 21 heavy (non-hydrogen) atoms. The number of carboxylic acids is 1. The van der Waals surface area contributed by atoms with E-state index in [0.717, 1.165) is 6.07 Å². The van der Waals surface area contributed by atoms with Gasteiger partial charge in [0.15, 0.2) is 0 Å². The number of hydrogen-bond donors (Lipinski definition) is 3. The third-order valence-corrected chi connectivity index (χ3v) is 3.12. The second-order valence-corrected chi connectivity index (χ2v) is 4.53. The Bertz CT molecular complexity index is 840. The van der Waals surface area contributed by atoms with Crippen molar-refractivity contribution >= 4 is 16.9 Å². The summed E-state index contributed by atoms with van der Waals surface area (Å²) in [6, 6.07) is 12.7. The number of aromatic carboxylic acids is 1. The number of rotatable bonds is 2. The summed E-state index contributed by atoms with van der Waals surface area (Å²) < 4.78 is 5.62. The van der Waals surface area contributed by atoms with Crippen LogP contribution in [0, 0.1) is 0 Å². The summed E-state index contributed by atoms with van der Waals surface area (Å²) in [5.41, 5.74) is 0.712. The van der Waals surface area contributed by atoms with Gasteiger partial charge in [-0.05, 0) is 12.1 Å². The zero-order valence-electron chi connectivity index (χ0n) is 10.8. The van der Waals surface area contributed by atoms with Gasteiger partial charge in [0.2, 0.25) is 0 Å². The SMILES string of the molecule is O=C(O)c1cc(-c2ccccc2)[o+]c2cc(O)cc(O)c12. The van der Waals surface area contributed by atoms with Crippen LogP contribution < -0.4 is 0 Å². The number of hydrogen-bond acceptors (Lipinski definition) is 3. The van der Waals surface area contributed by atoms with Crippen molar-refractivity contribution < 1.29 is 24.5 Å². The van der Waals surface area contributed by atoms with Crippen LogP contribution in [0.5, 0.6) is 11.5 Å². The van der Waals surface area contributed by atoms with Gasteiger partial charge in [-0.25, -0.2) is 9.21 Å². The van der Waals surface area contributed by atoms with Crippen LogP contribution in [0.25, 0.3) is 22.3 Å². The van der Waals surface area contributed by atoms with Gasteiger partial charge in [-0.15, -0.1) is 0 Å². The van der Waals surface area contributed by atoms with E-state index in [1.807, 2.05) is 6.07 Å². The number of carboxylic acid groups (broad SMARTS) is 1. The minimum atomic E-state index is -1.19. The number of carbonyl (C=O) groups is 1. The van der Waals surface area contributed by atoms with E-state index in [1.54, 1.807) is 24.3 Å². The Morgan fingerprint density at radius 3 is 2.38 bits per heavy atom. The van der Waals surface area contributed by atoms with Gasteiger partial charge in [0.05, 0.1) is 23.3 Å². The van der Waals surface area contributed by atoms with Crippen molar-refractivity contribution in [1.82, 2.24) is 0 Å². The molecule has 0 radical (unpaired) electrons. The van der Waals surface area contributed by atoms with Crippen molar-refractivity contribution in [1.29, 1.82) is 0 Å². The molecule has 0 aliphatic heterocycles. The monoisotopic (exact) mass is 283 g/mol. The maximum atomic E-state index is 11.4. The Labute approximate surface area is 119 Å². The lowest BCUT2D eigenvalue weighted by atomic mass is 10.1. The minimum absolute atomic E-state index is 0.0555.